The Kier molecular flexibility index (Phi) is 2.39. The largest absolute Gasteiger partial charge is 0.272 e. The smallest absolute Gasteiger partial charge is 0.236 e. The number of nitriles is 1. The first kappa shape index (κ1) is 11.0. The summed E-state index contributed by atoms with van der Waals surface area (Å²) in [5.41, 5.74) is 0.292. The van der Waals surface area contributed by atoms with Crippen LogP contribution in [0.2, 0.25) is 0 Å². The van der Waals surface area contributed by atoms with Crippen LogP contribution >= 0.6 is 0 Å². The van der Waals surface area contributed by atoms with Crippen molar-refractivity contribution in [2.75, 3.05) is 16.6 Å². The lowest BCUT2D eigenvalue weighted by atomic mass is 10.2. The second kappa shape index (κ2) is 3.49. The van der Waals surface area contributed by atoms with Gasteiger partial charge in [-0.2, -0.15) is 10.4 Å². The molecule has 1 atom stereocenters. The van der Waals surface area contributed by atoms with Gasteiger partial charge in [-0.05, 0) is 5.92 Å². The molecule has 1 aromatic rings. The Morgan fingerprint density at radius 1 is 1.62 bits per heavy atom. The molecular weight excluding hydrogens is 228 g/mol. The number of hydrogen-bond acceptors (Lipinski definition) is 4. The fourth-order valence-electron chi connectivity index (χ4n) is 1.86. The van der Waals surface area contributed by atoms with Crippen molar-refractivity contribution >= 4 is 15.8 Å². The summed E-state index contributed by atoms with van der Waals surface area (Å²) in [6.45, 7) is 2.26. The van der Waals surface area contributed by atoms with E-state index in [0.717, 1.165) is 0 Å². The first-order valence-corrected chi connectivity index (χ1v) is 6.49. The van der Waals surface area contributed by atoms with Crippen LogP contribution in [0.4, 0.5) is 5.82 Å². The van der Waals surface area contributed by atoms with E-state index < -0.39 is 10.0 Å². The quantitative estimate of drug-likeness (QED) is 0.696. The maximum Gasteiger partial charge on any atom is 0.236 e. The fourth-order valence-corrected chi connectivity index (χ4v) is 3.74. The van der Waals surface area contributed by atoms with Gasteiger partial charge in [0.15, 0.2) is 5.82 Å². The van der Waals surface area contributed by atoms with Gasteiger partial charge in [0.1, 0.15) is 11.6 Å². The normalized spacial score (nSPS) is 23.3. The number of aromatic nitrogens is 2. The summed E-state index contributed by atoms with van der Waals surface area (Å²) < 4.78 is 26.3. The molecule has 0 N–H and O–H groups in total. The van der Waals surface area contributed by atoms with Gasteiger partial charge >= 0.3 is 0 Å². The van der Waals surface area contributed by atoms with Crippen LogP contribution in [0.25, 0.3) is 0 Å². The van der Waals surface area contributed by atoms with Gasteiger partial charge in [-0.3, -0.25) is 8.99 Å². The molecule has 1 unspecified atom stereocenters. The molecule has 1 aliphatic rings. The average Bonchev–Trinajstić information content (AvgIpc) is 2.65. The minimum absolute atomic E-state index is 0.0681. The van der Waals surface area contributed by atoms with Gasteiger partial charge in [0.2, 0.25) is 10.0 Å². The lowest BCUT2D eigenvalue weighted by molar-refractivity contribution is 0.597. The van der Waals surface area contributed by atoms with Crippen molar-refractivity contribution in [2.24, 2.45) is 13.0 Å². The molecule has 86 valence electrons. The summed E-state index contributed by atoms with van der Waals surface area (Å²) in [5, 5.41) is 12.9. The van der Waals surface area contributed by atoms with Crippen molar-refractivity contribution in [1.82, 2.24) is 9.78 Å². The third kappa shape index (κ3) is 1.65. The second-order valence-corrected chi connectivity index (χ2v) is 6.00. The Hall–Kier alpha value is -1.55. The van der Waals surface area contributed by atoms with Crippen LogP contribution in [0.3, 0.4) is 0 Å². The molecule has 1 aromatic heterocycles. The SMILES string of the molecule is CC1CN(c2nn(C)cc2C#N)S(=O)(=O)C1. The minimum Gasteiger partial charge on any atom is -0.272 e. The molecule has 0 aliphatic carbocycles. The third-order valence-electron chi connectivity index (χ3n) is 2.47. The zero-order valence-corrected chi connectivity index (χ0v) is 9.90. The lowest BCUT2D eigenvalue weighted by Gasteiger charge is -2.13. The van der Waals surface area contributed by atoms with Crippen molar-refractivity contribution in [1.29, 1.82) is 5.26 Å². The van der Waals surface area contributed by atoms with E-state index in [0.29, 0.717) is 12.1 Å². The number of anilines is 1. The van der Waals surface area contributed by atoms with E-state index in [1.54, 1.807) is 7.05 Å². The molecule has 1 aliphatic heterocycles. The Labute approximate surface area is 94.1 Å². The van der Waals surface area contributed by atoms with Crippen LogP contribution < -0.4 is 4.31 Å². The molecule has 0 bridgehead atoms. The molecule has 0 saturated carbocycles. The molecule has 0 radical (unpaired) electrons. The first-order valence-electron chi connectivity index (χ1n) is 4.88. The number of nitrogens with zero attached hydrogens (tertiary/aromatic N) is 4. The van der Waals surface area contributed by atoms with E-state index >= 15 is 0 Å². The summed E-state index contributed by atoms with van der Waals surface area (Å²) in [7, 11) is -1.64. The summed E-state index contributed by atoms with van der Waals surface area (Å²) in [6, 6.07) is 1.96. The first-order chi connectivity index (χ1) is 7.44. The molecule has 16 heavy (non-hydrogen) atoms. The fraction of sp³-hybridized carbons (Fsp3) is 0.556. The number of rotatable bonds is 1. The lowest BCUT2D eigenvalue weighted by Crippen LogP contribution is -2.26. The molecule has 2 heterocycles. The number of sulfonamides is 1. The van der Waals surface area contributed by atoms with Crippen molar-refractivity contribution in [3.05, 3.63) is 11.8 Å². The molecule has 0 aromatic carbocycles. The number of hydrogen-bond donors (Lipinski definition) is 0. The van der Waals surface area contributed by atoms with E-state index in [1.165, 1.54) is 15.2 Å². The Morgan fingerprint density at radius 3 is 2.81 bits per heavy atom. The molecule has 0 amide bonds. The van der Waals surface area contributed by atoms with Crippen molar-refractivity contribution in [2.45, 2.75) is 6.92 Å². The van der Waals surface area contributed by atoms with E-state index in [4.69, 9.17) is 5.26 Å². The van der Waals surface area contributed by atoms with Crippen molar-refractivity contribution in [3.63, 3.8) is 0 Å². The van der Waals surface area contributed by atoms with E-state index in [1.807, 2.05) is 13.0 Å². The van der Waals surface area contributed by atoms with Gasteiger partial charge in [-0.1, -0.05) is 6.92 Å². The molecular formula is C9H12N4O2S. The summed E-state index contributed by atoms with van der Waals surface area (Å²) in [5.74, 6) is 0.432. The predicted molar refractivity (Wildman–Crippen MR) is 58.2 cm³/mol. The van der Waals surface area contributed by atoms with Gasteiger partial charge in [0, 0.05) is 19.8 Å². The average molecular weight is 240 g/mol. The maximum absolute atomic E-state index is 11.8. The van der Waals surface area contributed by atoms with Gasteiger partial charge in [0.25, 0.3) is 0 Å². The van der Waals surface area contributed by atoms with Gasteiger partial charge in [-0.15, -0.1) is 0 Å². The molecule has 1 saturated heterocycles. The van der Waals surface area contributed by atoms with Crippen LogP contribution in [0.1, 0.15) is 12.5 Å². The van der Waals surface area contributed by atoms with E-state index in [2.05, 4.69) is 5.10 Å². The van der Waals surface area contributed by atoms with Crippen LogP contribution in [0.15, 0.2) is 6.20 Å². The number of aryl methyl sites for hydroxylation is 1. The second-order valence-electron chi connectivity index (χ2n) is 4.07. The topological polar surface area (TPSA) is 79.0 Å². The predicted octanol–water partition coefficient (Wildman–Crippen LogP) is 0.0777. The Balaban J connectivity index is 2.50. The third-order valence-corrected chi connectivity index (χ3v) is 4.46. The molecule has 1 fully saturated rings. The monoisotopic (exact) mass is 240 g/mol. The van der Waals surface area contributed by atoms with Crippen LogP contribution in [-0.4, -0.2) is 30.5 Å². The van der Waals surface area contributed by atoms with E-state index in [9.17, 15) is 8.42 Å². The highest BCUT2D eigenvalue weighted by Crippen LogP contribution is 2.27. The molecule has 7 heteroatoms. The van der Waals surface area contributed by atoms with Crippen LogP contribution in [-0.2, 0) is 17.1 Å². The Morgan fingerprint density at radius 2 is 2.31 bits per heavy atom. The maximum atomic E-state index is 11.8. The zero-order chi connectivity index (χ0) is 11.9. The van der Waals surface area contributed by atoms with Gasteiger partial charge < -0.3 is 0 Å². The highest BCUT2D eigenvalue weighted by Gasteiger charge is 2.36. The van der Waals surface area contributed by atoms with Crippen molar-refractivity contribution < 1.29 is 8.42 Å². The van der Waals surface area contributed by atoms with Gasteiger partial charge in [-0.25, -0.2) is 8.42 Å². The molecule has 2 rings (SSSR count). The highest BCUT2D eigenvalue weighted by atomic mass is 32.2. The highest BCUT2D eigenvalue weighted by molar-refractivity contribution is 7.93. The zero-order valence-electron chi connectivity index (χ0n) is 9.08. The van der Waals surface area contributed by atoms with Crippen LogP contribution in [0, 0.1) is 17.2 Å². The molecule has 6 nitrogen and oxygen atoms in total. The van der Waals surface area contributed by atoms with Gasteiger partial charge in [0.05, 0.1) is 5.75 Å². The summed E-state index contributed by atoms with van der Waals surface area (Å²) in [4.78, 5) is 0. The summed E-state index contributed by atoms with van der Waals surface area (Å²) >= 11 is 0. The molecule has 0 spiro atoms. The van der Waals surface area contributed by atoms with Crippen LogP contribution in [0.5, 0.6) is 0 Å². The minimum atomic E-state index is -3.30. The standard InChI is InChI=1S/C9H12N4O2S/c1-7-4-13(16(14,15)6-7)9-8(3-10)5-12(2)11-9/h5,7H,4,6H2,1-2H3. The Bertz CT molecular complexity index is 555. The van der Waals surface area contributed by atoms with E-state index in [-0.39, 0.29) is 17.5 Å². The van der Waals surface area contributed by atoms with Crippen molar-refractivity contribution in [3.8, 4) is 6.07 Å². The summed E-state index contributed by atoms with van der Waals surface area (Å²) in [6.07, 6.45) is 1.52.